The summed E-state index contributed by atoms with van der Waals surface area (Å²) >= 11 is 0. The van der Waals surface area contributed by atoms with Crippen LogP contribution in [0.5, 0.6) is 5.75 Å². The van der Waals surface area contributed by atoms with E-state index in [4.69, 9.17) is 4.74 Å². The standard InChI is InChI=1S/C12H12N2O5/c1-3-11(15)13(2)8-12(16)19-10-6-4-9(5-7-10)14(17)18/h3-7H,1,8H2,2H3. The Balaban J connectivity index is 2.59. The van der Waals surface area contributed by atoms with Crippen LogP contribution in [0, 0.1) is 10.1 Å². The fourth-order valence-electron chi connectivity index (χ4n) is 1.23. The van der Waals surface area contributed by atoms with Gasteiger partial charge in [-0.15, -0.1) is 0 Å². The average molecular weight is 264 g/mol. The van der Waals surface area contributed by atoms with E-state index in [0.29, 0.717) is 0 Å². The second kappa shape index (κ2) is 6.29. The van der Waals surface area contributed by atoms with E-state index in [0.717, 1.165) is 11.0 Å². The van der Waals surface area contributed by atoms with Crippen molar-refractivity contribution in [1.29, 1.82) is 0 Å². The van der Waals surface area contributed by atoms with Crippen molar-refractivity contribution < 1.29 is 19.2 Å². The Labute approximate surface area is 109 Å². The van der Waals surface area contributed by atoms with Crippen molar-refractivity contribution in [2.24, 2.45) is 0 Å². The van der Waals surface area contributed by atoms with Crippen molar-refractivity contribution in [3.8, 4) is 5.75 Å². The van der Waals surface area contributed by atoms with Crippen LogP contribution in [-0.4, -0.2) is 35.3 Å². The summed E-state index contributed by atoms with van der Waals surface area (Å²) in [6.07, 6.45) is 1.08. The SMILES string of the molecule is C=CC(=O)N(C)CC(=O)Oc1ccc([N+](=O)[O-])cc1. The number of benzene rings is 1. The van der Waals surface area contributed by atoms with E-state index >= 15 is 0 Å². The predicted molar refractivity (Wildman–Crippen MR) is 66.6 cm³/mol. The lowest BCUT2D eigenvalue weighted by atomic mass is 10.3. The highest BCUT2D eigenvalue weighted by Crippen LogP contribution is 2.17. The third-order valence-corrected chi connectivity index (χ3v) is 2.20. The molecular formula is C12H12N2O5. The Bertz CT molecular complexity index is 509. The van der Waals surface area contributed by atoms with Gasteiger partial charge in [0.15, 0.2) is 0 Å². The number of carbonyl (C=O) groups is 2. The van der Waals surface area contributed by atoms with Crippen LogP contribution < -0.4 is 4.74 Å². The van der Waals surface area contributed by atoms with E-state index in [1.807, 2.05) is 0 Å². The first-order valence-electron chi connectivity index (χ1n) is 5.26. The molecule has 7 nitrogen and oxygen atoms in total. The van der Waals surface area contributed by atoms with Crippen LogP contribution in [0.25, 0.3) is 0 Å². The third kappa shape index (κ3) is 4.23. The summed E-state index contributed by atoms with van der Waals surface area (Å²) in [6.45, 7) is 3.06. The maximum absolute atomic E-state index is 11.5. The molecule has 0 radical (unpaired) electrons. The van der Waals surface area contributed by atoms with Gasteiger partial charge in [-0.25, -0.2) is 4.79 Å². The lowest BCUT2D eigenvalue weighted by molar-refractivity contribution is -0.384. The summed E-state index contributed by atoms with van der Waals surface area (Å²) in [5.41, 5.74) is -0.0984. The molecule has 1 aromatic carbocycles. The number of non-ortho nitro benzene ring substituents is 1. The molecule has 1 aromatic rings. The van der Waals surface area contributed by atoms with Gasteiger partial charge < -0.3 is 9.64 Å². The highest BCUT2D eigenvalue weighted by molar-refractivity contribution is 5.89. The van der Waals surface area contributed by atoms with Crippen molar-refractivity contribution >= 4 is 17.6 Å². The van der Waals surface area contributed by atoms with Crippen LogP contribution in [0.2, 0.25) is 0 Å². The van der Waals surface area contributed by atoms with E-state index in [9.17, 15) is 19.7 Å². The number of nitrogens with zero attached hydrogens (tertiary/aromatic N) is 2. The van der Waals surface area contributed by atoms with Gasteiger partial charge in [0.2, 0.25) is 5.91 Å². The number of rotatable bonds is 5. The molecule has 1 rings (SSSR count). The highest BCUT2D eigenvalue weighted by atomic mass is 16.6. The molecule has 19 heavy (non-hydrogen) atoms. The minimum Gasteiger partial charge on any atom is -0.425 e. The van der Waals surface area contributed by atoms with E-state index in [2.05, 4.69) is 6.58 Å². The van der Waals surface area contributed by atoms with Gasteiger partial charge in [-0.3, -0.25) is 14.9 Å². The lowest BCUT2D eigenvalue weighted by Gasteiger charge is -2.13. The van der Waals surface area contributed by atoms with Crippen molar-refractivity contribution in [1.82, 2.24) is 4.90 Å². The third-order valence-electron chi connectivity index (χ3n) is 2.20. The Morgan fingerprint density at radius 1 is 1.42 bits per heavy atom. The first-order valence-corrected chi connectivity index (χ1v) is 5.26. The Hall–Kier alpha value is -2.70. The van der Waals surface area contributed by atoms with Gasteiger partial charge in [0.05, 0.1) is 4.92 Å². The number of carbonyl (C=O) groups excluding carboxylic acids is 2. The van der Waals surface area contributed by atoms with Crippen LogP contribution in [0.4, 0.5) is 5.69 Å². The monoisotopic (exact) mass is 264 g/mol. The smallest absolute Gasteiger partial charge is 0.331 e. The molecule has 0 heterocycles. The highest BCUT2D eigenvalue weighted by Gasteiger charge is 2.12. The Kier molecular flexibility index (Phi) is 4.76. The molecular weight excluding hydrogens is 252 g/mol. The van der Waals surface area contributed by atoms with E-state index in [1.54, 1.807) is 0 Å². The molecule has 0 aliphatic carbocycles. The molecule has 0 saturated carbocycles. The quantitative estimate of drug-likeness (QED) is 0.261. The molecule has 0 aliphatic heterocycles. The van der Waals surface area contributed by atoms with Crippen LogP contribution in [-0.2, 0) is 9.59 Å². The van der Waals surface area contributed by atoms with Crippen LogP contribution in [0.1, 0.15) is 0 Å². The molecule has 7 heteroatoms. The van der Waals surface area contributed by atoms with Crippen molar-refractivity contribution in [3.05, 3.63) is 47.0 Å². The molecule has 0 fully saturated rings. The lowest BCUT2D eigenvalue weighted by Crippen LogP contribution is -2.32. The maximum atomic E-state index is 11.5. The maximum Gasteiger partial charge on any atom is 0.331 e. The van der Waals surface area contributed by atoms with E-state index in [-0.39, 0.29) is 18.0 Å². The zero-order chi connectivity index (χ0) is 14.4. The Morgan fingerprint density at radius 2 is 2.00 bits per heavy atom. The molecule has 1 amide bonds. The number of amides is 1. The normalized spacial score (nSPS) is 9.53. The number of ether oxygens (including phenoxy) is 1. The van der Waals surface area contributed by atoms with Crippen LogP contribution in [0.3, 0.4) is 0 Å². The largest absolute Gasteiger partial charge is 0.425 e. The molecule has 0 aromatic heterocycles. The number of nitro groups is 1. The summed E-state index contributed by atoms with van der Waals surface area (Å²) in [5, 5.41) is 10.4. The van der Waals surface area contributed by atoms with Crippen LogP contribution >= 0.6 is 0 Å². The van der Waals surface area contributed by atoms with Gasteiger partial charge in [0.1, 0.15) is 12.3 Å². The predicted octanol–water partition coefficient (Wildman–Crippen LogP) is 1.14. The molecule has 0 bridgehead atoms. The molecule has 0 N–H and O–H groups in total. The number of likely N-dealkylation sites (N-methyl/N-ethyl adjacent to an activating group) is 1. The molecule has 0 aliphatic rings. The van der Waals surface area contributed by atoms with E-state index < -0.39 is 16.8 Å². The minimum atomic E-state index is -0.647. The molecule has 0 saturated heterocycles. The van der Waals surface area contributed by atoms with Gasteiger partial charge in [-0.05, 0) is 18.2 Å². The summed E-state index contributed by atoms with van der Waals surface area (Å²) in [5.74, 6) is -0.873. The van der Waals surface area contributed by atoms with Crippen molar-refractivity contribution in [2.75, 3.05) is 13.6 Å². The Morgan fingerprint density at radius 3 is 2.47 bits per heavy atom. The first kappa shape index (κ1) is 14.4. The van der Waals surface area contributed by atoms with Gasteiger partial charge in [0.25, 0.3) is 5.69 Å². The topological polar surface area (TPSA) is 89.8 Å². The summed E-state index contributed by atoms with van der Waals surface area (Å²) in [6, 6.07) is 5.07. The number of hydrogen-bond acceptors (Lipinski definition) is 5. The first-order chi connectivity index (χ1) is 8.93. The number of hydrogen-bond donors (Lipinski definition) is 0. The number of nitro benzene ring substituents is 1. The molecule has 0 spiro atoms. The molecule has 100 valence electrons. The van der Waals surface area contributed by atoms with Gasteiger partial charge in [-0.1, -0.05) is 6.58 Å². The summed E-state index contributed by atoms with van der Waals surface area (Å²) < 4.78 is 4.92. The van der Waals surface area contributed by atoms with Gasteiger partial charge >= 0.3 is 5.97 Å². The average Bonchev–Trinajstić information content (AvgIpc) is 2.38. The fourth-order valence-corrected chi connectivity index (χ4v) is 1.23. The molecule has 0 unspecified atom stereocenters. The van der Waals surface area contributed by atoms with E-state index in [1.165, 1.54) is 31.3 Å². The van der Waals surface area contributed by atoms with Crippen molar-refractivity contribution in [3.63, 3.8) is 0 Å². The van der Waals surface area contributed by atoms with Gasteiger partial charge in [0, 0.05) is 19.2 Å². The van der Waals surface area contributed by atoms with Gasteiger partial charge in [-0.2, -0.15) is 0 Å². The second-order valence-electron chi connectivity index (χ2n) is 3.62. The summed E-state index contributed by atoms with van der Waals surface area (Å²) in [4.78, 5) is 33.6. The minimum absolute atomic E-state index is 0.0984. The fraction of sp³-hybridized carbons (Fsp3) is 0.167. The second-order valence-corrected chi connectivity index (χ2v) is 3.62. The zero-order valence-electron chi connectivity index (χ0n) is 10.2. The zero-order valence-corrected chi connectivity index (χ0v) is 10.2. The molecule has 0 atom stereocenters. The van der Waals surface area contributed by atoms with Crippen molar-refractivity contribution in [2.45, 2.75) is 0 Å². The number of esters is 1. The summed E-state index contributed by atoms with van der Waals surface area (Å²) in [7, 11) is 1.43. The van der Waals surface area contributed by atoms with Crippen LogP contribution in [0.15, 0.2) is 36.9 Å².